The van der Waals surface area contributed by atoms with Crippen molar-refractivity contribution < 1.29 is 14.0 Å². The molecule has 1 amide bonds. The van der Waals surface area contributed by atoms with Gasteiger partial charge in [-0.15, -0.1) is 21.5 Å². The highest BCUT2D eigenvalue weighted by Gasteiger charge is 2.30. The van der Waals surface area contributed by atoms with Crippen LogP contribution in [0.1, 0.15) is 36.4 Å². The van der Waals surface area contributed by atoms with Crippen molar-refractivity contribution in [1.29, 1.82) is 0 Å². The zero-order valence-corrected chi connectivity index (χ0v) is 17.8. The molecule has 0 unspecified atom stereocenters. The number of hydrogen-bond donors (Lipinski definition) is 1. The van der Waals surface area contributed by atoms with Gasteiger partial charge in [0.15, 0.2) is 22.5 Å². The van der Waals surface area contributed by atoms with Gasteiger partial charge >= 0.3 is 0 Å². The fourth-order valence-electron chi connectivity index (χ4n) is 3.33. The van der Waals surface area contributed by atoms with E-state index in [2.05, 4.69) is 20.1 Å². The second kappa shape index (κ2) is 7.73. The summed E-state index contributed by atoms with van der Waals surface area (Å²) in [6.07, 6.45) is 2.19. The summed E-state index contributed by atoms with van der Waals surface area (Å²) < 4.78 is 7.77. The Kier molecular flexibility index (Phi) is 4.92. The Bertz CT molecular complexity index is 1240. The van der Waals surface area contributed by atoms with Crippen LogP contribution in [-0.4, -0.2) is 32.2 Å². The lowest BCUT2D eigenvalue weighted by atomic mass is 10.2. The van der Waals surface area contributed by atoms with Crippen molar-refractivity contribution in [2.24, 2.45) is 0 Å². The zero-order chi connectivity index (χ0) is 20.7. The molecule has 3 aromatic heterocycles. The number of furan rings is 1. The summed E-state index contributed by atoms with van der Waals surface area (Å²) in [7, 11) is 0. The molecule has 1 N–H and O–H groups in total. The van der Waals surface area contributed by atoms with Crippen LogP contribution in [0.15, 0.2) is 51.4 Å². The molecule has 4 aromatic rings. The van der Waals surface area contributed by atoms with Gasteiger partial charge in [0, 0.05) is 18.4 Å². The standard InChI is InChI=1S/C21H18N4O3S2/c1-12(26)19-18(14-5-2-3-6-15(14)28-19)22-17(27)11-30-21-24-23-20(16-7-4-10-29-16)25(21)13-8-9-13/h2-7,10,13H,8-9,11H2,1H3,(H,22,27). The number of fused-ring (bicyclic) bond motifs is 1. The summed E-state index contributed by atoms with van der Waals surface area (Å²) in [5.41, 5.74) is 0.992. The number of nitrogens with zero attached hydrogens (tertiary/aromatic N) is 3. The van der Waals surface area contributed by atoms with Gasteiger partial charge in [-0.2, -0.15) is 0 Å². The van der Waals surface area contributed by atoms with Crippen LogP contribution < -0.4 is 5.32 Å². The molecule has 9 heteroatoms. The molecular formula is C21H18N4O3S2. The van der Waals surface area contributed by atoms with Gasteiger partial charge in [0.2, 0.25) is 5.91 Å². The molecule has 1 aliphatic rings. The molecule has 0 radical (unpaired) electrons. The average molecular weight is 439 g/mol. The highest BCUT2D eigenvalue weighted by atomic mass is 32.2. The van der Waals surface area contributed by atoms with Gasteiger partial charge in [-0.1, -0.05) is 30.0 Å². The zero-order valence-electron chi connectivity index (χ0n) is 16.1. The van der Waals surface area contributed by atoms with Gasteiger partial charge in [0.25, 0.3) is 0 Å². The van der Waals surface area contributed by atoms with Crippen molar-refractivity contribution >= 4 is 51.4 Å². The summed E-state index contributed by atoms with van der Waals surface area (Å²) in [5, 5.41) is 15.0. The molecule has 152 valence electrons. The average Bonchev–Trinajstić information content (AvgIpc) is 3.15. The van der Waals surface area contributed by atoms with E-state index in [0.717, 1.165) is 28.7 Å². The minimum atomic E-state index is -0.233. The third-order valence-electron chi connectivity index (χ3n) is 4.83. The SMILES string of the molecule is CC(=O)c1oc2ccccc2c1NC(=O)CSc1nnc(-c2cccs2)n1C1CC1. The molecule has 3 heterocycles. The Morgan fingerprint density at radius 3 is 2.80 bits per heavy atom. The Hall–Kier alpha value is -2.91. The van der Waals surface area contributed by atoms with Gasteiger partial charge in [0.05, 0.1) is 16.3 Å². The molecule has 0 aliphatic heterocycles. The number of ketones is 1. The van der Waals surface area contributed by atoms with E-state index in [-0.39, 0.29) is 23.2 Å². The highest BCUT2D eigenvalue weighted by Crippen LogP contribution is 2.41. The first kappa shape index (κ1) is 19.1. The fraction of sp³-hybridized carbons (Fsp3) is 0.238. The van der Waals surface area contributed by atoms with Crippen LogP contribution in [0.5, 0.6) is 0 Å². The second-order valence-corrected chi connectivity index (χ2v) is 8.97. The Labute approximate surface area is 180 Å². The fourth-order valence-corrected chi connectivity index (χ4v) is 4.85. The highest BCUT2D eigenvalue weighted by molar-refractivity contribution is 7.99. The van der Waals surface area contributed by atoms with Crippen molar-refractivity contribution in [3.8, 4) is 10.7 Å². The smallest absolute Gasteiger partial charge is 0.234 e. The molecule has 0 bridgehead atoms. The van der Waals surface area contributed by atoms with Crippen molar-refractivity contribution in [1.82, 2.24) is 14.8 Å². The van der Waals surface area contributed by atoms with Crippen LogP contribution in [0.3, 0.4) is 0 Å². The molecular weight excluding hydrogens is 420 g/mol. The number of Topliss-reactive ketones (excluding diaryl/α,β-unsaturated/α-hetero) is 1. The Morgan fingerprint density at radius 1 is 1.23 bits per heavy atom. The van der Waals surface area contributed by atoms with E-state index >= 15 is 0 Å². The maximum absolute atomic E-state index is 12.7. The lowest BCUT2D eigenvalue weighted by Gasteiger charge is -2.08. The van der Waals surface area contributed by atoms with Gasteiger partial charge < -0.3 is 9.73 Å². The number of carbonyl (C=O) groups is 2. The molecule has 5 rings (SSSR count). The topological polar surface area (TPSA) is 90.0 Å². The van der Waals surface area contributed by atoms with Crippen LogP contribution in [0, 0.1) is 0 Å². The lowest BCUT2D eigenvalue weighted by Crippen LogP contribution is -2.16. The molecule has 7 nitrogen and oxygen atoms in total. The predicted molar refractivity (Wildman–Crippen MR) is 117 cm³/mol. The predicted octanol–water partition coefficient (Wildman–Crippen LogP) is 5.02. The molecule has 1 aliphatic carbocycles. The van der Waals surface area contributed by atoms with Crippen molar-refractivity contribution in [3.63, 3.8) is 0 Å². The molecule has 0 atom stereocenters. The summed E-state index contributed by atoms with van der Waals surface area (Å²) in [6, 6.07) is 11.7. The van der Waals surface area contributed by atoms with E-state index in [9.17, 15) is 9.59 Å². The molecule has 1 saturated carbocycles. The van der Waals surface area contributed by atoms with Crippen molar-refractivity contribution in [3.05, 3.63) is 47.5 Å². The van der Waals surface area contributed by atoms with Crippen molar-refractivity contribution in [2.75, 3.05) is 11.1 Å². The third-order valence-corrected chi connectivity index (χ3v) is 6.64. The van der Waals surface area contributed by atoms with Crippen LogP contribution in [0.25, 0.3) is 21.7 Å². The van der Waals surface area contributed by atoms with Gasteiger partial charge in [-0.3, -0.25) is 14.2 Å². The van der Waals surface area contributed by atoms with E-state index in [1.54, 1.807) is 17.4 Å². The normalized spacial score (nSPS) is 13.6. The molecule has 30 heavy (non-hydrogen) atoms. The summed E-state index contributed by atoms with van der Waals surface area (Å²) in [4.78, 5) is 25.7. The molecule has 0 spiro atoms. The number of rotatable bonds is 7. The van der Waals surface area contributed by atoms with E-state index in [0.29, 0.717) is 22.7 Å². The first-order valence-electron chi connectivity index (χ1n) is 9.55. The first-order valence-corrected chi connectivity index (χ1v) is 11.4. The number of thioether (sulfide) groups is 1. The largest absolute Gasteiger partial charge is 0.451 e. The van der Waals surface area contributed by atoms with Gasteiger partial charge in [-0.25, -0.2) is 0 Å². The van der Waals surface area contributed by atoms with Crippen LogP contribution in [0.2, 0.25) is 0 Å². The number of amides is 1. The van der Waals surface area contributed by atoms with Gasteiger partial charge in [0.1, 0.15) is 5.58 Å². The number of anilines is 1. The quantitative estimate of drug-likeness (QED) is 0.322. The monoisotopic (exact) mass is 438 g/mol. The van der Waals surface area contributed by atoms with Crippen LogP contribution in [0.4, 0.5) is 5.69 Å². The number of thiophene rings is 1. The minimum Gasteiger partial charge on any atom is -0.451 e. The van der Waals surface area contributed by atoms with E-state index in [4.69, 9.17) is 4.42 Å². The number of nitrogens with one attached hydrogen (secondary N) is 1. The number of carbonyl (C=O) groups excluding carboxylic acids is 2. The summed E-state index contributed by atoms with van der Waals surface area (Å²) in [6.45, 7) is 1.42. The molecule has 0 saturated heterocycles. The first-order chi connectivity index (χ1) is 14.6. The van der Waals surface area contributed by atoms with E-state index < -0.39 is 0 Å². The van der Waals surface area contributed by atoms with Crippen molar-refractivity contribution in [2.45, 2.75) is 31.0 Å². The lowest BCUT2D eigenvalue weighted by molar-refractivity contribution is -0.113. The number of benzene rings is 1. The maximum Gasteiger partial charge on any atom is 0.234 e. The maximum atomic E-state index is 12.7. The number of para-hydroxylation sites is 1. The molecule has 1 fully saturated rings. The number of aromatic nitrogens is 3. The van der Waals surface area contributed by atoms with Crippen LogP contribution in [-0.2, 0) is 4.79 Å². The third kappa shape index (κ3) is 3.54. The Morgan fingerprint density at radius 2 is 2.07 bits per heavy atom. The molecule has 1 aromatic carbocycles. The minimum absolute atomic E-state index is 0.159. The summed E-state index contributed by atoms with van der Waals surface area (Å²) in [5.74, 6) is 0.720. The van der Waals surface area contributed by atoms with E-state index in [1.807, 2.05) is 35.7 Å². The van der Waals surface area contributed by atoms with Crippen LogP contribution >= 0.6 is 23.1 Å². The number of hydrogen-bond acceptors (Lipinski definition) is 7. The second-order valence-electron chi connectivity index (χ2n) is 7.08. The van der Waals surface area contributed by atoms with E-state index in [1.165, 1.54) is 18.7 Å². The Balaban J connectivity index is 1.35. The summed E-state index contributed by atoms with van der Waals surface area (Å²) >= 11 is 2.98. The van der Waals surface area contributed by atoms with Gasteiger partial charge in [-0.05, 0) is 36.4 Å².